The van der Waals surface area contributed by atoms with Crippen LogP contribution in [0.1, 0.15) is 16.9 Å². The summed E-state index contributed by atoms with van der Waals surface area (Å²) in [6, 6.07) is 7.88. The van der Waals surface area contributed by atoms with Gasteiger partial charge in [-0.25, -0.2) is 4.98 Å². The molecule has 24 heavy (non-hydrogen) atoms. The molecule has 0 aliphatic heterocycles. The highest BCUT2D eigenvalue weighted by molar-refractivity contribution is 7.09. The molecule has 0 spiro atoms. The number of guanidine groups is 1. The Labute approximate surface area is 146 Å². The number of aliphatic imine (C=N–C) groups is 1. The predicted molar refractivity (Wildman–Crippen MR) is 99.6 cm³/mol. The Morgan fingerprint density at radius 1 is 1.25 bits per heavy atom. The van der Waals surface area contributed by atoms with E-state index >= 15 is 0 Å². The van der Waals surface area contributed by atoms with Gasteiger partial charge in [0.25, 0.3) is 0 Å². The van der Waals surface area contributed by atoms with Crippen LogP contribution < -0.4 is 16.0 Å². The Morgan fingerprint density at radius 3 is 2.75 bits per heavy atom. The summed E-state index contributed by atoms with van der Waals surface area (Å²) in [5.74, 6) is 1.20. The number of nitrogens with zero attached hydrogens (tertiary/aromatic N) is 2. The lowest BCUT2D eigenvalue weighted by Gasteiger charge is -2.11. The van der Waals surface area contributed by atoms with E-state index in [1.54, 1.807) is 30.6 Å². The van der Waals surface area contributed by atoms with E-state index in [0.29, 0.717) is 24.7 Å². The highest BCUT2D eigenvalue weighted by Gasteiger charge is 2.04. The summed E-state index contributed by atoms with van der Waals surface area (Å²) in [5, 5.41) is 11.2. The number of amides is 1. The second kappa shape index (κ2) is 9.67. The van der Waals surface area contributed by atoms with Crippen LogP contribution in [-0.4, -0.2) is 37.0 Å². The summed E-state index contributed by atoms with van der Waals surface area (Å²) in [6.07, 6.45) is 3.03. The molecule has 0 atom stereocenters. The van der Waals surface area contributed by atoms with Crippen LogP contribution in [0.5, 0.6) is 0 Å². The van der Waals surface area contributed by atoms with Crippen molar-refractivity contribution in [2.45, 2.75) is 19.8 Å². The summed E-state index contributed by atoms with van der Waals surface area (Å²) in [5.41, 5.74) is 1.06. The first-order valence-corrected chi connectivity index (χ1v) is 8.75. The third kappa shape index (κ3) is 6.37. The zero-order chi connectivity index (χ0) is 17.2. The van der Waals surface area contributed by atoms with E-state index in [9.17, 15) is 4.79 Å². The van der Waals surface area contributed by atoms with Crippen molar-refractivity contribution >= 4 is 29.0 Å². The van der Waals surface area contributed by atoms with E-state index in [1.165, 1.54) is 4.88 Å². The first-order chi connectivity index (χ1) is 11.7. The van der Waals surface area contributed by atoms with Crippen LogP contribution in [0, 0.1) is 6.92 Å². The minimum absolute atomic E-state index is 0.0760. The fourth-order valence-electron chi connectivity index (χ4n) is 2.02. The number of thiophene rings is 1. The number of anilines is 1. The van der Waals surface area contributed by atoms with Crippen LogP contribution in [-0.2, 0) is 11.2 Å². The number of nitrogens with one attached hydrogen (secondary N) is 3. The summed E-state index contributed by atoms with van der Waals surface area (Å²) < 4.78 is 0. The summed E-state index contributed by atoms with van der Waals surface area (Å²) in [4.78, 5) is 21.5. The molecule has 0 bridgehead atoms. The van der Waals surface area contributed by atoms with Gasteiger partial charge in [-0.1, -0.05) is 12.1 Å². The van der Waals surface area contributed by atoms with Gasteiger partial charge in [-0.3, -0.25) is 9.79 Å². The van der Waals surface area contributed by atoms with E-state index in [4.69, 9.17) is 0 Å². The van der Waals surface area contributed by atoms with Gasteiger partial charge in [0.05, 0.1) is 0 Å². The topological polar surface area (TPSA) is 78.4 Å². The van der Waals surface area contributed by atoms with Gasteiger partial charge in [0.1, 0.15) is 5.82 Å². The number of carbonyl (C=O) groups excluding carboxylic acids is 1. The van der Waals surface area contributed by atoms with Crippen molar-refractivity contribution in [3.63, 3.8) is 0 Å². The third-order valence-electron chi connectivity index (χ3n) is 3.29. The standard InChI is InChI=1S/C17H23N5OS/c1-13-5-6-15(21-12-13)22-16(23)8-10-20-17(18-2)19-9-7-14-4-3-11-24-14/h3-6,11-12H,7-10H2,1-2H3,(H2,18,19,20)(H,21,22,23). The molecule has 0 saturated heterocycles. The molecule has 0 fully saturated rings. The van der Waals surface area contributed by atoms with Crippen LogP contribution in [0.15, 0.2) is 40.8 Å². The van der Waals surface area contributed by atoms with Gasteiger partial charge in [-0.2, -0.15) is 0 Å². The molecule has 2 heterocycles. The molecule has 0 aromatic carbocycles. The minimum Gasteiger partial charge on any atom is -0.356 e. The number of hydrogen-bond acceptors (Lipinski definition) is 4. The largest absolute Gasteiger partial charge is 0.356 e. The molecule has 2 aromatic heterocycles. The van der Waals surface area contributed by atoms with Crippen LogP contribution in [0.25, 0.3) is 0 Å². The maximum atomic E-state index is 11.9. The van der Waals surface area contributed by atoms with Gasteiger partial charge < -0.3 is 16.0 Å². The third-order valence-corrected chi connectivity index (χ3v) is 4.23. The van der Waals surface area contributed by atoms with Gasteiger partial charge >= 0.3 is 0 Å². The molecule has 3 N–H and O–H groups in total. The van der Waals surface area contributed by atoms with Gasteiger partial charge in [0.2, 0.25) is 5.91 Å². The molecule has 128 valence electrons. The van der Waals surface area contributed by atoms with Crippen molar-refractivity contribution in [2.24, 2.45) is 4.99 Å². The number of rotatable bonds is 7. The molecule has 2 rings (SSSR count). The molecule has 1 amide bonds. The normalized spacial score (nSPS) is 11.2. The van der Waals surface area contributed by atoms with Crippen molar-refractivity contribution in [3.05, 3.63) is 46.3 Å². The first kappa shape index (κ1) is 17.9. The molecule has 0 radical (unpaired) electrons. The van der Waals surface area contributed by atoms with E-state index < -0.39 is 0 Å². The summed E-state index contributed by atoms with van der Waals surface area (Å²) in [6.45, 7) is 3.27. The highest BCUT2D eigenvalue weighted by atomic mass is 32.1. The van der Waals surface area contributed by atoms with Crippen LogP contribution in [0.4, 0.5) is 5.82 Å². The lowest BCUT2D eigenvalue weighted by Crippen LogP contribution is -2.39. The highest BCUT2D eigenvalue weighted by Crippen LogP contribution is 2.08. The molecule has 0 aliphatic rings. The molecular formula is C17H23N5OS. The number of carbonyl (C=O) groups is 1. The van der Waals surface area contributed by atoms with Gasteiger partial charge in [-0.05, 0) is 36.4 Å². The first-order valence-electron chi connectivity index (χ1n) is 7.87. The summed E-state index contributed by atoms with van der Waals surface area (Å²) in [7, 11) is 1.72. The quantitative estimate of drug-likeness (QED) is 0.531. The number of aromatic nitrogens is 1. The Bertz CT molecular complexity index is 652. The molecule has 0 saturated carbocycles. The van der Waals surface area contributed by atoms with E-state index in [-0.39, 0.29) is 5.91 Å². The van der Waals surface area contributed by atoms with Crippen molar-refractivity contribution in [2.75, 3.05) is 25.5 Å². The fraction of sp³-hybridized carbons (Fsp3) is 0.353. The second-order valence-corrected chi connectivity index (χ2v) is 6.31. The van der Waals surface area contributed by atoms with E-state index in [2.05, 4.69) is 43.4 Å². The molecule has 0 aliphatic carbocycles. The van der Waals surface area contributed by atoms with Crippen LogP contribution in [0.2, 0.25) is 0 Å². The molecule has 7 heteroatoms. The average molecular weight is 345 g/mol. The zero-order valence-electron chi connectivity index (χ0n) is 14.0. The maximum absolute atomic E-state index is 11.9. The summed E-state index contributed by atoms with van der Waals surface area (Å²) >= 11 is 1.75. The fourth-order valence-corrected chi connectivity index (χ4v) is 2.73. The lowest BCUT2D eigenvalue weighted by molar-refractivity contribution is -0.116. The van der Waals surface area contributed by atoms with Gasteiger partial charge in [0.15, 0.2) is 5.96 Å². The smallest absolute Gasteiger partial charge is 0.227 e. The lowest BCUT2D eigenvalue weighted by atomic mass is 10.3. The van der Waals surface area contributed by atoms with Crippen molar-refractivity contribution < 1.29 is 4.79 Å². The SMILES string of the molecule is CN=C(NCCC(=O)Nc1ccc(C)cn1)NCCc1cccs1. The second-order valence-electron chi connectivity index (χ2n) is 5.27. The molecule has 2 aromatic rings. The molecule has 0 unspecified atom stereocenters. The molecule has 6 nitrogen and oxygen atoms in total. The zero-order valence-corrected chi connectivity index (χ0v) is 14.8. The van der Waals surface area contributed by atoms with Crippen LogP contribution in [0.3, 0.4) is 0 Å². The average Bonchev–Trinajstić information content (AvgIpc) is 3.09. The van der Waals surface area contributed by atoms with Gasteiger partial charge in [-0.15, -0.1) is 11.3 Å². The number of aryl methyl sites for hydroxylation is 1. The maximum Gasteiger partial charge on any atom is 0.227 e. The van der Waals surface area contributed by atoms with Gasteiger partial charge in [0, 0.05) is 37.6 Å². The monoisotopic (exact) mass is 345 g/mol. The van der Waals surface area contributed by atoms with Crippen molar-refractivity contribution in [1.82, 2.24) is 15.6 Å². The van der Waals surface area contributed by atoms with Crippen molar-refractivity contribution in [3.8, 4) is 0 Å². The predicted octanol–water partition coefficient (Wildman–Crippen LogP) is 2.19. The van der Waals surface area contributed by atoms with E-state index in [1.807, 2.05) is 13.0 Å². The Balaban J connectivity index is 1.63. The Morgan fingerprint density at radius 2 is 2.08 bits per heavy atom. The van der Waals surface area contributed by atoms with Crippen LogP contribution >= 0.6 is 11.3 Å². The Kier molecular flexibility index (Phi) is 7.22. The molecular weight excluding hydrogens is 322 g/mol. The van der Waals surface area contributed by atoms with Crippen molar-refractivity contribution in [1.29, 1.82) is 0 Å². The minimum atomic E-state index is -0.0760. The Hall–Kier alpha value is -2.41. The number of hydrogen-bond donors (Lipinski definition) is 3. The number of pyridine rings is 1. The van der Waals surface area contributed by atoms with E-state index in [0.717, 1.165) is 18.5 Å².